The standard InChI is InChI=1S/C17H27BrN2O/c1-5-14(19)8-13-6-7-15(9-16(13)18)20-10-12(2)21-17(3,4)11-20/h6-7,9,12,14H,5,8,10-11,19H2,1-4H3. The number of morpholine rings is 1. The van der Waals surface area contributed by atoms with Gasteiger partial charge in [0.25, 0.3) is 0 Å². The quantitative estimate of drug-likeness (QED) is 0.894. The van der Waals surface area contributed by atoms with Crippen molar-refractivity contribution < 1.29 is 4.74 Å². The van der Waals surface area contributed by atoms with E-state index in [1.165, 1.54) is 11.3 Å². The molecule has 1 aromatic rings. The summed E-state index contributed by atoms with van der Waals surface area (Å²) in [6.07, 6.45) is 2.17. The highest BCUT2D eigenvalue weighted by molar-refractivity contribution is 9.10. The molecule has 0 aromatic heterocycles. The lowest BCUT2D eigenvalue weighted by molar-refractivity contribution is -0.0749. The Labute approximate surface area is 137 Å². The van der Waals surface area contributed by atoms with Crippen LogP contribution in [-0.2, 0) is 11.2 Å². The molecule has 2 atom stereocenters. The topological polar surface area (TPSA) is 38.5 Å². The van der Waals surface area contributed by atoms with Crippen molar-refractivity contribution in [2.24, 2.45) is 5.73 Å². The first-order valence-corrected chi connectivity index (χ1v) is 8.57. The zero-order valence-electron chi connectivity index (χ0n) is 13.5. The third kappa shape index (κ3) is 4.44. The summed E-state index contributed by atoms with van der Waals surface area (Å²) in [6.45, 7) is 10.4. The van der Waals surface area contributed by atoms with Crippen molar-refractivity contribution >= 4 is 21.6 Å². The van der Waals surface area contributed by atoms with Crippen LogP contribution in [0.25, 0.3) is 0 Å². The molecule has 1 heterocycles. The van der Waals surface area contributed by atoms with E-state index in [0.29, 0.717) is 0 Å². The van der Waals surface area contributed by atoms with Crippen LogP contribution in [0, 0.1) is 0 Å². The van der Waals surface area contributed by atoms with E-state index in [0.717, 1.165) is 30.4 Å². The molecule has 4 heteroatoms. The van der Waals surface area contributed by atoms with Crippen LogP contribution in [0.3, 0.4) is 0 Å². The number of hydrogen-bond acceptors (Lipinski definition) is 3. The number of ether oxygens (including phenoxy) is 1. The Hall–Kier alpha value is -0.580. The van der Waals surface area contributed by atoms with Gasteiger partial charge in [0.2, 0.25) is 0 Å². The lowest BCUT2D eigenvalue weighted by Crippen LogP contribution is -2.52. The number of rotatable bonds is 4. The number of anilines is 1. The average molecular weight is 355 g/mol. The van der Waals surface area contributed by atoms with Gasteiger partial charge in [-0.05, 0) is 51.3 Å². The number of hydrogen-bond donors (Lipinski definition) is 1. The van der Waals surface area contributed by atoms with Gasteiger partial charge in [-0.25, -0.2) is 0 Å². The lowest BCUT2D eigenvalue weighted by Gasteiger charge is -2.43. The summed E-state index contributed by atoms with van der Waals surface area (Å²) in [4.78, 5) is 2.41. The normalized spacial score (nSPS) is 23.1. The largest absolute Gasteiger partial charge is 0.369 e. The Balaban J connectivity index is 2.16. The highest BCUT2D eigenvalue weighted by atomic mass is 79.9. The van der Waals surface area contributed by atoms with E-state index >= 15 is 0 Å². The van der Waals surface area contributed by atoms with Crippen LogP contribution in [-0.4, -0.2) is 30.8 Å². The zero-order valence-corrected chi connectivity index (χ0v) is 15.1. The van der Waals surface area contributed by atoms with Gasteiger partial charge in [-0.15, -0.1) is 0 Å². The average Bonchev–Trinajstić information content (AvgIpc) is 2.38. The maximum absolute atomic E-state index is 6.06. The molecule has 2 rings (SSSR count). The summed E-state index contributed by atoms with van der Waals surface area (Å²) >= 11 is 3.70. The van der Waals surface area contributed by atoms with Crippen molar-refractivity contribution in [3.05, 3.63) is 28.2 Å². The van der Waals surface area contributed by atoms with Crippen molar-refractivity contribution in [1.29, 1.82) is 0 Å². The highest BCUT2D eigenvalue weighted by Crippen LogP contribution is 2.30. The maximum atomic E-state index is 6.06. The Kier molecular flexibility index (Phi) is 5.33. The van der Waals surface area contributed by atoms with Gasteiger partial charge in [0.15, 0.2) is 0 Å². The molecule has 1 aliphatic rings. The molecule has 0 amide bonds. The van der Waals surface area contributed by atoms with Crippen molar-refractivity contribution in [1.82, 2.24) is 0 Å². The van der Waals surface area contributed by atoms with E-state index in [-0.39, 0.29) is 17.7 Å². The van der Waals surface area contributed by atoms with Crippen LogP contribution < -0.4 is 10.6 Å². The molecule has 1 fully saturated rings. The third-order valence-corrected chi connectivity index (χ3v) is 4.72. The molecule has 21 heavy (non-hydrogen) atoms. The summed E-state index contributed by atoms with van der Waals surface area (Å²) in [7, 11) is 0. The molecule has 0 aliphatic carbocycles. The summed E-state index contributed by atoms with van der Waals surface area (Å²) in [5.41, 5.74) is 8.49. The minimum atomic E-state index is -0.104. The Morgan fingerprint density at radius 1 is 1.48 bits per heavy atom. The molecule has 1 aliphatic heterocycles. The Bertz CT molecular complexity index is 490. The van der Waals surface area contributed by atoms with E-state index < -0.39 is 0 Å². The summed E-state index contributed by atoms with van der Waals surface area (Å²) in [6, 6.07) is 6.85. The van der Waals surface area contributed by atoms with Gasteiger partial charge in [0.1, 0.15) is 0 Å². The fraction of sp³-hybridized carbons (Fsp3) is 0.647. The molecule has 0 spiro atoms. The van der Waals surface area contributed by atoms with Crippen LogP contribution in [0.2, 0.25) is 0 Å². The van der Waals surface area contributed by atoms with Crippen molar-refractivity contribution in [2.75, 3.05) is 18.0 Å². The number of halogens is 1. The predicted molar refractivity (Wildman–Crippen MR) is 93.0 cm³/mol. The van der Waals surface area contributed by atoms with Gasteiger partial charge < -0.3 is 15.4 Å². The van der Waals surface area contributed by atoms with Gasteiger partial charge in [-0.3, -0.25) is 0 Å². The van der Waals surface area contributed by atoms with Crippen LogP contribution >= 0.6 is 15.9 Å². The Morgan fingerprint density at radius 2 is 2.19 bits per heavy atom. The molecule has 118 valence electrons. The SMILES string of the molecule is CCC(N)Cc1ccc(N2CC(C)OC(C)(C)C2)cc1Br. The second kappa shape index (κ2) is 6.67. The fourth-order valence-corrected chi connectivity index (χ4v) is 3.50. The summed E-state index contributed by atoms with van der Waals surface area (Å²) in [5, 5.41) is 0. The van der Waals surface area contributed by atoms with Gasteiger partial charge in [-0.2, -0.15) is 0 Å². The van der Waals surface area contributed by atoms with Gasteiger partial charge >= 0.3 is 0 Å². The van der Waals surface area contributed by atoms with Gasteiger partial charge in [0, 0.05) is 29.3 Å². The molecular formula is C17H27BrN2O. The molecular weight excluding hydrogens is 328 g/mol. The van der Waals surface area contributed by atoms with Crippen molar-refractivity contribution in [3.8, 4) is 0 Å². The lowest BCUT2D eigenvalue weighted by atomic mass is 10.0. The molecule has 1 aromatic carbocycles. The first-order valence-electron chi connectivity index (χ1n) is 7.77. The van der Waals surface area contributed by atoms with Crippen LogP contribution in [0.15, 0.2) is 22.7 Å². The van der Waals surface area contributed by atoms with Crippen molar-refractivity contribution in [2.45, 2.75) is 58.3 Å². The molecule has 0 bridgehead atoms. The van der Waals surface area contributed by atoms with E-state index in [9.17, 15) is 0 Å². The molecule has 0 radical (unpaired) electrons. The first kappa shape index (κ1) is 16.8. The van der Waals surface area contributed by atoms with E-state index in [1.54, 1.807) is 0 Å². The number of nitrogens with zero attached hydrogens (tertiary/aromatic N) is 1. The molecule has 3 nitrogen and oxygen atoms in total. The van der Waals surface area contributed by atoms with E-state index in [4.69, 9.17) is 10.5 Å². The third-order valence-electron chi connectivity index (χ3n) is 3.98. The Morgan fingerprint density at radius 3 is 2.76 bits per heavy atom. The first-order chi connectivity index (χ1) is 9.80. The molecule has 2 unspecified atom stereocenters. The van der Waals surface area contributed by atoms with Crippen LogP contribution in [0.5, 0.6) is 0 Å². The molecule has 0 saturated carbocycles. The number of benzene rings is 1. The molecule has 2 N–H and O–H groups in total. The smallest absolute Gasteiger partial charge is 0.0805 e. The maximum Gasteiger partial charge on any atom is 0.0805 e. The highest BCUT2D eigenvalue weighted by Gasteiger charge is 2.31. The van der Waals surface area contributed by atoms with Crippen molar-refractivity contribution in [3.63, 3.8) is 0 Å². The fourth-order valence-electron chi connectivity index (χ4n) is 2.98. The minimum Gasteiger partial charge on any atom is -0.369 e. The number of nitrogens with two attached hydrogens (primary N) is 1. The van der Waals surface area contributed by atoms with E-state index in [2.05, 4.69) is 66.7 Å². The van der Waals surface area contributed by atoms with Crippen LogP contribution in [0.1, 0.15) is 39.7 Å². The van der Waals surface area contributed by atoms with Crippen LogP contribution in [0.4, 0.5) is 5.69 Å². The second-order valence-corrected chi connectivity index (χ2v) is 7.57. The summed E-state index contributed by atoms with van der Waals surface area (Å²) < 4.78 is 7.13. The monoisotopic (exact) mass is 354 g/mol. The van der Waals surface area contributed by atoms with E-state index in [1.807, 2.05) is 0 Å². The predicted octanol–water partition coefficient (Wildman–Crippen LogP) is 3.73. The zero-order chi connectivity index (χ0) is 15.6. The van der Waals surface area contributed by atoms with Gasteiger partial charge in [0.05, 0.1) is 11.7 Å². The minimum absolute atomic E-state index is 0.104. The van der Waals surface area contributed by atoms with Gasteiger partial charge in [-0.1, -0.05) is 28.9 Å². The second-order valence-electron chi connectivity index (χ2n) is 6.72. The molecule has 1 saturated heterocycles. The summed E-state index contributed by atoms with van der Waals surface area (Å²) in [5.74, 6) is 0.